The lowest BCUT2D eigenvalue weighted by Gasteiger charge is -2.32. The number of phenols is 1. The van der Waals surface area contributed by atoms with E-state index < -0.39 is 18.1 Å². The van der Waals surface area contributed by atoms with Gasteiger partial charge in [0.2, 0.25) is 11.8 Å². The fraction of sp³-hybridized carbons (Fsp3) is 0.500. The molecule has 5 N–H and O–H groups in total. The number of nitrogens with two attached hydrogens (primary N) is 1. The smallest absolute Gasteiger partial charge is 0.254 e. The summed E-state index contributed by atoms with van der Waals surface area (Å²) in [5.41, 5.74) is 13.7. The van der Waals surface area contributed by atoms with Crippen molar-refractivity contribution in [2.45, 2.75) is 122 Å². The van der Waals surface area contributed by atoms with Gasteiger partial charge in [-0.15, -0.1) is 21.5 Å². The maximum Gasteiger partial charge on any atom is 0.254 e. The molecule has 0 spiro atoms. The zero-order chi connectivity index (χ0) is 47.0. The number of nitrogen functional groups attached to an aromatic ring is 1. The maximum atomic E-state index is 14.1. The molecular weight excluding hydrogens is 869 g/mol. The van der Waals surface area contributed by atoms with Crippen LogP contribution in [0.5, 0.6) is 11.6 Å². The van der Waals surface area contributed by atoms with E-state index in [1.54, 1.807) is 29.5 Å². The first-order chi connectivity index (χ1) is 32.4. The van der Waals surface area contributed by atoms with Crippen molar-refractivity contribution < 1.29 is 29.1 Å². The summed E-state index contributed by atoms with van der Waals surface area (Å²) >= 11 is 1.59. The summed E-state index contributed by atoms with van der Waals surface area (Å²) in [6.45, 7) is 11.4. The standard InChI is InChI=1S/C50H64N10O6S/c1-31(2)45(50(64)59-29-37(61)26-41(59)49(63)53-32(3)34-16-18-35(19-17-34)47-33(4)52-30-67-47)43-28-44(57-66-43)65-25-13-9-7-5-6-8-12-22-58-23-20-36(21-24-58)60-40-27-39(38-14-10-11-15-42(38)62)54-55-46(40)48(51)56-60/h10-11,14-19,27-28,30-32,36-37,41,45,61-62H,5-9,12-13,20-26,29H2,1-4H3,(H2,51,56)(H,53,63)/t32-,37+,41-,45-/m0/s1. The molecule has 2 aliphatic rings. The minimum atomic E-state index is -0.811. The van der Waals surface area contributed by atoms with E-state index >= 15 is 0 Å². The number of phenolic OH excluding ortho intramolecular Hbond substituents is 1. The van der Waals surface area contributed by atoms with Gasteiger partial charge in [-0.1, -0.05) is 82.3 Å². The molecule has 4 atom stereocenters. The second-order valence-corrected chi connectivity index (χ2v) is 19.4. The number of likely N-dealkylation sites (tertiary alicyclic amines) is 2. The van der Waals surface area contributed by atoms with E-state index in [0.717, 1.165) is 79.0 Å². The van der Waals surface area contributed by atoms with E-state index in [2.05, 4.69) is 35.7 Å². The third-order valence-corrected chi connectivity index (χ3v) is 14.3. The van der Waals surface area contributed by atoms with Crippen LogP contribution in [0.25, 0.3) is 32.7 Å². The quantitative estimate of drug-likeness (QED) is 0.0533. The highest BCUT2D eigenvalue weighted by atomic mass is 32.1. The van der Waals surface area contributed by atoms with Crippen LogP contribution < -0.4 is 15.8 Å². The number of aromatic hydroxyl groups is 1. The number of aliphatic hydroxyl groups is 1. The van der Waals surface area contributed by atoms with Crippen LogP contribution in [-0.2, 0) is 9.59 Å². The first-order valence-electron chi connectivity index (χ1n) is 23.9. The van der Waals surface area contributed by atoms with Crippen molar-refractivity contribution in [3.05, 3.63) is 83.2 Å². The van der Waals surface area contributed by atoms with Crippen molar-refractivity contribution in [1.29, 1.82) is 0 Å². The van der Waals surface area contributed by atoms with Gasteiger partial charge in [-0.2, -0.15) is 5.10 Å². The van der Waals surface area contributed by atoms with Crippen molar-refractivity contribution >= 4 is 40.0 Å². The van der Waals surface area contributed by atoms with Gasteiger partial charge in [0, 0.05) is 37.7 Å². The molecule has 0 aliphatic carbocycles. The molecule has 2 amide bonds. The molecule has 0 unspecified atom stereocenters. The number of thiazole rings is 1. The second kappa shape index (κ2) is 21.8. The number of hydrogen-bond acceptors (Lipinski definition) is 14. The van der Waals surface area contributed by atoms with Crippen molar-refractivity contribution in [2.24, 2.45) is 5.92 Å². The lowest BCUT2D eigenvalue weighted by Crippen LogP contribution is -2.48. The number of para-hydroxylation sites is 1. The van der Waals surface area contributed by atoms with E-state index in [1.807, 2.05) is 80.4 Å². The van der Waals surface area contributed by atoms with Gasteiger partial charge in [0.1, 0.15) is 17.7 Å². The molecule has 2 aromatic carbocycles. The molecule has 6 heterocycles. The third-order valence-electron chi connectivity index (χ3n) is 13.3. The molecule has 2 aliphatic heterocycles. The van der Waals surface area contributed by atoms with Crippen molar-refractivity contribution in [3.63, 3.8) is 0 Å². The molecule has 2 saturated heterocycles. The number of fused-ring (bicyclic) bond motifs is 1. The van der Waals surface area contributed by atoms with Gasteiger partial charge < -0.3 is 40.3 Å². The molecule has 356 valence electrons. The molecule has 8 rings (SSSR count). The Morgan fingerprint density at radius 1 is 0.970 bits per heavy atom. The Kier molecular flexibility index (Phi) is 15.5. The zero-order valence-electron chi connectivity index (χ0n) is 39.0. The first kappa shape index (κ1) is 47.6. The normalized spacial score (nSPS) is 17.9. The van der Waals surface area contributed by atoms with Crippen LogP contribution in [0.3, 0.4) is 0 Å². The SMILES string of the molecule is Cc1ncsc1-c1ccc([C@H](C)NC(=O)[C@@H]2C[C@@H](O)CN2C(=O)[C@H](c2cc(OCCCCCCCCCN3CCC(n4nc(N)c5nnc(-c6ccccc6O)cc54)CC3)no2)C(C)C)cc1. The number of aryl methyl sites for hydroxylation is 1. The van der Waals surface area contributed by atoms with E-state index in [4.69, 9.17) is 15.0 Å². The Morgan fingerprint density at radius 2 is 1.70 bits per heavy atom. The minimum absolute atomic E-state index is 0.0677. The second-order valence-electron chi connectivity index (χ2n) is 18.5. The van der Waals surface area contributed by atoms with Crippen molar-refractivity contribution in [2.75, 3.05) is 38.5 Å². The number of aliphatic hydroxyl groups excluding tert-OH is 1. The number of rotatable bonds is 20. The average molecular weight is 933 g/mol. The Hall–Kier alpha value is -5.91. The summed E-state index contributed by atoms with van der Waals surface area (Å²) in [7, 11) is 0. The van der Waals surface area contributed by atoms with Crippen LogP contribution in [0, 0.1) is 12.8 Å². The van der Waals surface area contributed by atoms with Crippen LogP contribution in [0.2, 0.25) is 0 Å². The van der Waals surface area contributed by atoms with Crippen LogP contribution in [-0.4, -0.2) is 107 Å². The van der Waals surface area contributed by atoms with Gasteiger partial charge in [0.25, 0.3) is 5.88 Å². The third kappa shape index (κ3) is 11.3. The van der Waals surface area contributed by atoms with Gasteiger partial charge >= 0.3 is 0 Å². The number of unbranched alkanes of at least 4 members (excludes halogenated alkanes) is 6. The van der Waals surface area contributed by atoms with Gasteiger partial charge in [-0.05, 0) is 86.5 Å². The number of anilines is 1. The highest BCUT2D eigenvalue weighted by molar-refractivity contribution is 7.13. The Labute approximate surface area is 395 Å². The highest BCUT2D eigenvalue weighted by Crippen LogP contribution is 2.35. The predicted molar refractivity (Wildman–Crippen MR) is 258 cm³/mol. The van der Waals surface area contributed by atoms with Gasteiger partial charge in [0.15, 0.2) is 17.1 Å². The summed E-state index contributed by atoms with van der Waals surface area (Å²) in [6, 6.07) is 17.9. The number of carbonyl (C=O) groups excluding carboxylic acids is 2. The number of hydrogen-bond donors (Lipinski definition) is 4. The molecule has 17 heteroatoms. The Balaban J connectivity index is 0.718. The van der Waals surface area contributed by atoms with Gasteiger partial charge in [-0.3, -0.25) is 14.3 Å². The molecule has 4 aromatic heterocycles. The summed E-state index contributed by atoms with van der Waals surface area (Å²) in [6.07, 6.45) is 9.14. The number of ether oxygens (including phenoxy) is 1. The lowest BCUT2D eigenvalue weighted by molar-refractivity contribution is -0.141. The summed E-state index contributed by atoms with van der Waals surface area (Å²) < 4.78 is 13.6. The van der Waals surface area contributed by atoms with Crippen LogP contribution >= 0.6 is 11.3 Å². The van der Waals surface area contributed by atoms with E-state index in [9.17, 15) is 19.8 Å². The Bertz CT molecular complexity index is 2580. The van der Waals surface area contributed by atoms with E-state index in [-0.39, 0.29) is 48.5 Å². The summed E-state index contributed by atoms with van der Waals surface area (Å²) in [5.74, 6) is -0.162. The molecule has 0 radical (unpaired) electrons. The monoisotopic (exact) mass is 932 g/mol. The number of nitrogens with one attached hydrogen (secondary N) is 1. The highest BCUT2D eigenvalue weighted by Gasteiger charge is 2.43. The number of aromatic nitrogens is 6. The molecule has 0 bridgehead atoms. The van der Waals surface area contributed by atoms with Crippen molar-refractivity contribution in [3.8, 4) is 33.3 Å². The predicted octanol–water partition coefficient (Wildman–Crippen LogP) is 8.23. The van der Waals surface area contributed by atoms with Gasteiger partial charge in [-0.25, -0.2) is 4.98 Å². The first-order valence-corrected chi connectivity index (χ1v) is 24.7. The average Bonchev–Trinajstić information content (AvgIpc) is 4.14. The maximum absolute atomic E-state index is 14.1. The summed E-state index contributed by atoms with van der Waals surface area (Å²) in [4.78, 5) is 37.3. The largest absolute Gasteiger partial charge is 0.507 e. The lowest BCUT2D eigenvalue weighted by atomic mass is 9.91. The summed E-state index contributed by atoms with van der Waals surface area (Å²) in [5, 5.41) is 41.6. The van der Waals surface area contributed by atoms with E-state index in [1.165, 1.54) is 30.6 Å². The molecule has 2 fully saturated rings. The van der Waals surface area contributed by atoms with Gasteiger partial charge in [0.05, 0.1) is 52.1 Å². The zero-order valence-corrected chi connectivity index (χ0v) is 39.8. The molecule has 67 heavy (non-hydrogen) atoms. The molecule has 16 nitrogen and oxygen atoms in total. The molecular formula is C50H64N10O6S. The molecule has 0 saturated carbocycles. The number of β-amino-alcohol motifs (C(OH)–C–C–N with tert-alkyl or cyclic N) is 1. The van der Waals surface area contributed by atoms with Crippen molar-refractivity contribution in [1.82, 2.24) is 45.2 Å². The number of carbonyl (C=O) groups is 2. The van der Waals surface area contributed by atoms with Crippen LogP contribution in [0.4, 0.5) is 5.82 Å². The number of amides is 2. The Morgan fingerprint density at radius 3 is 2.42 bits per heavy atom. The number of nitrogens with zero attached hydrogens (tertiary/aromatic N) is 8. The number of piperidine rings is 1. The van der Waals surface area contributed by atoms with Crippen LogP contribution in [0.15, 0.2) is 70.7 Å². The fourth-order valence-electron chi connectivity index (χ4n) is 9.54. The fourth-order valence-corrected chi connectivity index (χ4v) is 10.4. The number of benzene rings is 2. The minimum Gasteiger partial charge on any atom is -0.507 e. The van der Waals surface area contributed by atoms with Crippen LogP contribution in [0.1, 0.15) is 120 Å². The topological polar surface area (TPSA) is 211 Å². The van der Waals surface area contributed by atoms with E-state index in [0.29, 0.717) is 40.8 Å². The molecule has 6 aromatic rings.